The van der Waals surface area contributed by atoms with Crippen LogP contribution in [-0.2, 0) is 0 Å². The minimum atomic E-state index is -5.14. The van der Waals surface area contributed by atoms with E-state index in [4.69, 9.17) is 0 Å². The fraction of sp³-hybridized carbons (Fsp3) is 0.143. The van der Waals surface area contributed by atoms with Gasteiger partial charge in [0, 0.05) is 6.07 Å². The van der Waals surface area contributed by atoms with E-state index in [0.29, 0.717) is 6.07 Å². The van der Waals surface area contributed by atoms with Crippen molar-refractivity contribution >= 4 is 12.1 Å². The van der Waals surface area contributed by atoms with Gasteiger partial charge in [-0.25, -0.2) is 4.79 Å². The van der Waals surface area contributed by atoms with Gasteiger partial charge in [0.05, 0.1) is 0 Å². The molecule has 0 aliphatic heterocycles. The van der Waals surface area contributed by atoms with Crippen LogP contribution in [-0.4, -0.2) is 22.6 Å². The van der Waals surface area contributed by atoms with Crippen molar-refractivity contribution in [1.82, 2.24) is 4.98 Å². The monoisotopic (exact) mass is 252 g/mol. The van der Waals surface area contributed by atoms with Gasteiger partial charge in [0.25, 0.3) is 0 Å². The highest BCUT2D eigenvalue weighted by Gasteiger charge is 2.33. The average molecular weight is 252 g/mol. The van der Waals surface area contributed by atoms with Crippen molar-refractivity contribution < 1.29 is 27.6 Å². The first-order valence-corrected chi connectivity index (χ1v) is 3.87. The molecule has 1 rings (SSSR count). The van der Waals surface area contributed by atoms with Gasteiger partial charge in [0.1, 0.15) is 5.56 Å². The van der Waals surface area contributed by atoms with Crippen molar-refractivity contribution in [2.24, 2.45) is 0 Å². The van der Waals surface area contributed by atoms with E-state index in [0.717, 1.165) is 0 Å². The number of hydrogen-bond donors (Lipinski definition) is 1. The average Bonchev–Trinajstić information content (AvgIpc) is 2.18. The molecule has 92 valence electrons. The molecular weight excluding hydrogens is 249 g/mol. The molecule has 17 heavy (non-hydrogen) atoms. The highest BCUT2D eigenvalue weighted by molar-refractivity contribution is 5.80. The van der Waals surface area contributed by atoms with Crippen LogP contribution in [0.4, 0.5) is 19.0 Å². The molecule has 0 aliphatic rings. The molecule has 0 saturated heterocycles. The third-order valence-electron chi connectivity index (χ3n) is 1.55. The zero-order valence-electron chi connectivity index (χ0n) is 7.78. The topological polar surface area (TPSA) is 102 Å². The number of pyridine rings is 1. The van der Waals surface area contributed by atoms with Gasteiger partial charge in [-0.15, -0.1) is 13.2 Å². The molecule has 0 atom stereocenters. The second-order valence-corrected chi connectivity index (χ2v) is 2.69. The number of nitrogens with zero attached hydrogens (tertiary/aromatic N) is 1. The van der Waals surface area contributed by atoms with Crippen LogP contribution >= 0.6 is 0 Å². The van der Waals surface area contributed by atoms with Crippen molar-refractivity contribution in [3.8, 4) is 5.75 Å². The smallest absolute Gasteiger partial charge is 0.397 e. The van der Waals surface area contributed by atoms with Gasteiger partial charge < -0.3 is 14.9 Å². The summed E-state index contributed by atoms with van der Waals surface area (Å²) in [6.07, 6.45) is -5.21. The number of H-pyrrole nitrogens is 1. The normalized spacial score (nSPS) is 11.0. The number of aromatic nitrogens is 1. The zero-order valence-corrected chi connectivity index (χ0v) is 7.78. The Bertz CT molecular complexity index is 521. The van der Waals surface area contributed by atoms with Crippen LogP contribution in [0, 0.1) is 10.1 Å². The lowest BCUT2D eigenvalue weighted by atomic mass is 10.3. The molecule has 0 radical (unpaired) electrons. The number of halogens is 3. The van der Waals surface area contributed by atoms with Gasteiger partial charge in [-0.05, 0) is 4.92 Å². The number of alkyl halides is 3. The molecule has 1 heterocycles. The summed E-state index contributed by atoms with van der Waals surface area (Å²) in [6.45, 7) is 0. The molecule has 0 bridgehead atoms. The van der Waals surface area contributed by atoms with Gasteiger partial charge in [-0.2, -0.15) is 4.98 Å². The van der Waals surface area contributed by atoms with Crippen molar-refractivity contribution in [2.45, 2.75) is 6.36 Å². The number of hydrogen-bond acceptors (Lipinski definition) is 5. The van der Waals surface area contributed by atoms with Gasteiger partial charge in [-0.1, -0.05) is 0 Å². The first-order valence-electron chi connectivity index (χ1n) is 3.87. The number of carbonyl (C=O) groups is 1. The fourth-order valence-corrected chi connectivity index (χ4v) is 0.958. The fourth-order valence-electron chi connectivity index (χ4n) is 0.958. The van der Waals surface area contributed by atoms with Gasteiger partial charge in [-0.3, -0.25) is 4.79 Å². The summed E-state index contributed by atoms with van der Waals surface area (Å²) in [6, 6.07) is 0.345. The van der Waals surface area contributed by atoms with E-state index in [1.165, 1.54) is 4.98 Å². The third-order valence-corrected chi connectivity index (χ3v) is 1.55. The SMILES string of the molecule is O=Cc1cc(OC(F)(F)F)c(=O)[nH]c1[N+](=O)[O-]. The molecule has 10 heteroatoms. The quantitative estimate of drug-likeness (QED) is 0.491. The maximum atomic E-state index is 11.8. The number of nitrogens with one attached hydrogen (secondary N) is 1. The molecule has 1 N–H and O–H groups in total. The highest BCUT2D eigenvalue weighted by atomic mass is 19.4. The van der Waals surface area contributed by atoms with E-state index >= 15 is 0 Å². The lowest BCUT2D eigenvalue weighted by Gasteiger charge is -2.07. The standard InChI is InChI=1S/C7H3F3N2O5/c8-7(9,10)17-4-1-3(2-13)5(12(15)16)11-6(4)14/h1-2H,(H,11,14). The zero-order chi connectivity index (χ0) is 13.2. The number of aromatic amines is 1. The Labute approximate surface area is 90.0 Å². The van der Waals surface area contributed by atoms with Crippen LogP contribution in [0.25, 0.3) is 0 Å². The van der Waals surface area contributed by atoms with E-state index in [1.54, 1.807) is 0 Å². The molecule has 1 aromatic heterocycles. The molecule has 0 amide bonds. The van der Waals surface area contributed by atoms with Crippen molar-refractivity contribution in [2.75, 3.05) is 0 Å². The Morgan fingerprint density at radius 3 is 2.47 bits per heavy atom. The maximum absolute atomic E-state index is 11.8. The van der Waals surface area contributed by atoms with Gasteiger partial charge in [0.2, 0.25) is 5.75 Å². The third kappa shape index (κ3) is 3.03. The van der Waals surface area contributed by atoms with E-state index in [2.05, 4.69) is 4.74 Å². The molecule has 0 aromatic carbocycles. The maximum Gasteiger partial charge on any atom is 0.573 e. The number of rotatable bonds is 3. The van der Waals surface area contributed by atoms with Crippen molar-refractivity contribution in [1.29, 1.82) is 0 Å². The number of aldehydes is 1. The summed E-state index contributed by atoms with van der Waals surface area (Å²) in [5, 5.41) is 10.3. The first kappa shape index (κ1) is 12.7. The lowest BCUT2D eigenvalue weighted by Crippen LogP contribution is -2.23. The largest absolute Gasteiger partial charge is 0.573 e. The van der Waals surface area contributed by atoms with Gasteiger partial charge >= 0.3 is 17.7 Å². The molecule has 0 fully saturated rings. The molecule has 7 nitrogen and oxygen atoms in total. The number of carbonyl (C=O) groups excluding carboxylic acids is 1. The van der Waals surface area contributed by atoms with Crippen molar-refractivity contribution in [3.05, 3.63) is 32.1 Å². The Hall–Kier alpha value is -2.39. The van der Waals surface area contributed by atoms with Crippen LogP contribution < -0.4 is 10.3 Å². The van der Waals surface area contributed by atoms with Gasteiger partial charge in [0.15, 0.2) is 6.29 Å². The predicted octanol–water partition coefficient (Wildman–Crippen LogP) is 0.994. The Morgan fingerprint density at radius 2 is 2.06 bits per heavy atom. The molecular formula is C7H3F3N2O5. The summed E-state index contributed by atoms with van der Waals surface area (Å²) in [5.41, 5.74) is -2.19. The van der Waals surface area contributed by atoms with E-state index in [1.807, 2.05) is 0 Å². The number of ether oxygens (including phenoxy) is 1. The Morgan fingerprint density at radius 1 is 1.47 bits per heavy atom. The number of nitro groups is 1. The molecule has 0 unspecified atom stereocenters. The Balaban J connectivity index is 3.33. The van der Waals surface area contributed by atoms with Crippen LogP contribution in [0.15, 0.2) is 10.9 Å². The van der Waals surface area contributed by atoms with Crippen LogP contribution in [0.1, 0.15) is 10.4 Å². The molecule has 1 aromatic rings. The van der Waals surface area contributed by atoms with Crippen LogP contribution in [0.2, 0.25) is 0 Å². The summed E-state index contributed by atoms with van der Waals surface area (Å²) in [7, 11) is 0. The van der Waals surface area contributed by atoms with E-state index in [-0.39, 0.29) is 6.29 Å². The predicted molar refractivity (Wildman–Crippen MR) is 45.8 cm³/mol. The molecule has 0 spiro atoms. The molecule has 0 aliphatic carbocycles. The van der Waals surface area contributed by atoms with Crippen LogP contribution in [0.5, 0.6) is 5.75 Å². The summed E-state index contributed by atoms with van der Waals surface area (Å²) in [4.78, 5) is 32.1. The molecule has 0 saturated carbocycles. The first-order chi connectivity index (χ1) is 7.74. The second kappa shape index (κ2) is 4.23. The van der Waals surface area contributed by atoms with E-state index in [9.17, 15) is 32.9 Å². The highest BCUT2D eigenvalue weighted by Crippen LogP contribution is 2.22. The summed E-state index contributed by atoms with van der Waals surface area (Å²) in [5.74, 6) is -2.25. The Kier molecular flexibility index (Phi) is 3.16. The minimum Gasteiger partial charge on any atom is -0.397 e. The lowest BCUT2D eigenvalue weighted by molar-refractivity contribution is -0.390. The van der Waals surface area contributed by atoms with Crippen LogP contribution in [0.3, 0.4) is 0 Å². The second-order valence-electron chi connectivity index (χ2n) is 2.69. The summed E-state index contributed by atoms with van der Waals surface area (Å²) >= 11 is 0. The minimum absolute atomic E-state index is 0.0721. The van der Waals surface area contributed by atoms with E-state index < -0.39 is 34.0 Å². The summed E-state index contributed by atoms with van der Waals surface area (Å²) < 4.78 is 38.7. The van der Waals surface area contributed by atoms with Crippen molar-refractivity contribution in [3.63, 3.8) is 0 Å².